The second kappa shape index (κ2) is 12.2. The molecule has 35 heavy (non-hydrogen) atoms. The first kappa shape index (κ1) is 29.4. The van der Waals surface area contributed by atoms with Crippen LogP contribution >= 0.6 is 0 Å². The van der Waals surface area contributed by atoms with Gasteiger partial charge in [0.2, 0.25) is 0 Å². The van der Waals surface area contributed by atoms with Gasteiger partial charge >= 0.3 is 29.8 Å². The molecule has 0 aliphatic carbocycles. The number of alkyl halides is 3. The van der Waals surface area contributed by atoms with Crippen LogP contribution in [0.25, 0.3) is 0 Å². The van der Waals surface area contributed by atoms with E-state index in [9.17, 15) is 27.6 Å². The third-order valence-electron chi connectivity index (χ3n) is 4.00. The highest BCUT2D eigenvalue weighted by atomic mass is 19.4. The number of hydrogen-bond acceptors (Lipinski definition) is 8. The Morgan fingerprint density at radius 2 is 1.66 bits per heavy atom. The first-order valence-corrected chi connectivity index (χ1v) is 10.4. The van der Waals surface area contributed by atoms with Crippen LogP contribution in [0, 0.1) is 0 Å². The molecule has 15 heteroatoms. The molecule has 0 aromatic carbocycles. The first-order chi connectivity index (χ1) is 16.1. The fourth-order valence-electron chi connectivity index (χ4n) is 2.73. The third-order valence-corrected chi connectivity index (χ3v) is 4.00. The second-order valence-corrected chi connectivity index (χ2v) is 7.94. The van der Waals surface area contributed by atoms with Crippen molar-refractivity contribution in [3.8, 4) is 0 Å². The average Bonchev–Trinajstić information content (AvgIpc) is 3.30. The van der Waals surface area contributed by atoms with Crippen molar-refractivity contribution in [3.63, 3.8) is 0 Å². The minimum atomic E-state index is -5.08. The quantitative estimate of drug-likeness (QED) is 0.334. The summed E-state index contributed by atoms with van der Waals surface area (Å²) in [6.07, 6.45) is -4.63. The molecular weight excluding hydrogens is 479 g/mol. The number of aromatic amines is 3. The van der Waals surface area contributed by atoms with Crippen LogP contribution in [-0.2, 0) is 33.8 Å². The topological polar surface area (TPSA) is 179 Å². The molecule has 0 saturated carbocycles. The maximum Gasteiger partial charge on any atom is 0.490 e. The summed E-state index contributed by atoms with van der Waals surface area (Å²) in [5.74, 6) is -3.36. The number of carboxylic acid groups (broad SMARTS) is 1. The fourth-order valence-corrected chi connectivity index (χ4v) is 2.73. The van der Waals surface area contributed by atoms with E-state index in [2.05, 4.69) is 25.5 Å². The SMILES string of the molecule is CCOC(=O)c1c(CNCc2n[nH]c(=O)[nH]2)[nH]c(C(=O)OC(C)(C)C)c1CC.O=C(O)C(F)(F)F. The Morgan fingerprint density at radius 3 is 2.09 bits per heavy atom. The summed E-state index contributed by atoms with van der Waals surface area (Å²) in [4.78, 5) is 50.7. The molecule has 0 atom stereocenters. The summed E-state index contributed by atoms with van der Waals surface area (Å²) in [7, 11) is 0. The van der Waals surface area contributed by atoms with Crippen LogP contribution < -0.4 is 11.0 Å². The number of H-pyrrole nitrogens is 3. The lowest BCUT2D eigenvalue weighted by molar-refractivity contribution is -0.192. The van der Waals surface area contributed by atoms with E-state index in [0.29, 0.717) is 29.1 Å². The van der Waals surface area contributed by atoms with Crippen LogP contribution in [0.2, 0.25) is 0 Å². The molecule has 0 aliphatic heterocycles. The Balaban J connectivity index is 0.000000762. The number of carbonyl (C=O) groups excluding carboxylic acids is 2. The number of ether oxygens (including phenoxy) is 2. The van der Waals surface area contributed by atoms with Crippen molar-refractivity contribution in [2.45, 2.75) is 65.9 Å². The maximum absolute atomic E-state index is 12.6. The standard InChI is InChI=1S/C18H27N5O5.C2HF3O2/c1-6-10-13(15(24)27-7-2)11(8-19-9-12-21-17(26)23-22-12)20-14(10)16(25)28-18(3,4)5;3-2(4,5)1(6)7/h19-20H,6-9H2,1-5H3,(H2,21,22,23,26);(H,6,7). The molecule has 12 nitrogen and oxygen atoms in total. The van der Waals surface area contributed by atoms with Gasteiger partial charge in [-0.2, -0.15) is 18.3 Å². The Morgan fingerprint density at radius 1 is 1.06 bits per heavy atom. The Hall–Kier alpha value is -3.62. The Kier molecular flexibility index (Phi) is 10.2. The zero-order chi connectivity index (χ0) is 27.0. The highest BCUT2D eigenvalue weighted by molar-refractivity contribution is 5.99. The molecule has 0 saturated heterocycles. The van der Waals surface area contributed by atoms with Gasteiger partial charge in [-0.05, 0) is 39.7 Å². The van der Waals surface area contributed by atoms with Crippen molar-refractivity contribution in [2.24, 2.45) is 0 Å². The van der Waals surface area contributed by atoms with Crippen molar-refractivity contribution in [3.05, 3.63) is 38.8 Å². The van der Waals surface area contributed by atoms with Gasteiger partial charge in [-0.1, -0.05) is 6.92 Å². The minimum absolute atomic E-state index is 0.219. The zero-order valence-corrected chi connectivity index (χ0v) is 19.8. The van der Waals surface area contributed by atoms with Crippen molar-refractivity contribution < 1.29 is 42.1 Å². The molecular formula is C20H28F3N5O7. The van der Waals surface area contributed by atoms with Crippen molar-refractivity contribution in [1.29, 1.82) is 0 Å². The molecule has 2 aromatic heterocycles. The predicted molar refractivity (Wildman–Crippen MR) is 115 cm³/mol. The van der Waals surface area contributed by atoms with E-state index in [1.807, 2.05) is 6.92 Å². The van der Waals surface area contributed by atoms with E-state index in [4.69, 9.17) is 19.4 Å². The molecule has 2 rings (SSSR count). The predicted octanol–water partition coefficient (Wildman–Crippen LogP) is 2.04. The molecule has 0 radical (unpaired) electrons. The second-order valence-electron chi connectivity index (χ2n) is 7.94. The number of nitrogens with zero attached hydrogens (tertiary/aromatic N) is 1. The fraction of sp³-hybridized carbons (Fsp3) is 0.550. The van der Waals surface area contributed by atoms with E-state index in [1.165, 1.54) is 0 Å². The zero-order valence-electron chi connectivity index (χ0n) is 19.8. The maximum atomic E-state index is 12.6. The number of halogens is 3. The summed E-state index contributed by atoms with van der Waals surface area (Å²) in [6.45, 7) is 9.62. The molecule has 0 fully saturated rings. The lowest BCUT2D eigenvalue weighted by Gasteiger charge is -2.19. The number of carboxylic acids is 1. The van der Waals surface area contributed by atoms with E-state index >= 15 is 0 Å². The number of carbonyl (C=O) groups is 3. The van der Waals surface area contributed by atoms with Gasteiger partial charge in [0.25, 0.3) is 0 Å². The van der Waals surface area contributed by atoms with Gasteiger partial charge in [-0.15, -0.1) is 0 Å². The number of aromatic nitrogens is 4. The van der Waals surface area contributed by atoms with Crippen LogP contribution in [-0.4, -0.2) is 61.6 Å². The number of aliphatic carboxylic acids is 1. The van der Waals surface area contributed by atoms with Crippen molar-refractivity contribution >= 4 is 17.9 Å². The Labute approximate surface area is 197 Å². The molecule has 0 bridgehead atoms. The summed E-state index contributed by atoms with van der Waals surface area (Å²) >= 11 is 0. The molecule has 0 amide bonds. The molecule has 0 unspecified atom stereocenters. The smallest absolute Gasteiger partial charge is 0.475 e. The summed E-state index contributed by atoms with van der Waals surface area (Å²) in [5, 5.41) is 16.3. The van der Waals surface area contributed by atoms with Crippen LogP contribution in [0.1, 0.15) is 72.5 Å². The number of nitrogens with one attached hydrogen (secondary N) is 4. The van der Waals surface area contributed by atoms with Gasteiger partial charge in [0.1, 0.15) is 17.1 Å². The lowest BCUT2D eigenvalue weighted by Crippen LogP contribution is -2.24. The number of rotatable bonds is 8. The van der Waals surface area contributed by atoms with Crippen LogP contribution in [0.15, 0.2) is 4.79 Å². The largest absolute Gasteiger partial charge is 0.490 e. The van der Waals surface area contributed by atoms with Crippen LogP contribution in [0.4, 0.5) is 13.2 Å². The Bertz CT molecular complexity index is 1080. The monoisotopic (exact) mass is 507 g/mol. The van der Waals surface area contributed by atoms with Gasteiger partial charge in [-0.3, -0.25) is 4.98 Å². The molecule has 2 heterocycles. The third kappa shape index (κ3) is 9.27. The van der Waals surface area contributed by atoms with Gasteiger partial charge in [-0.25, -0.2) is 24.3 Å². The summed E-state index contributed by atoms with van der Waals surface area (Å²) in [6, 6.07) is 0. The highest BCUT2D eigenvalue weighted by Crippen LogP contribution is 2.24. The first-order valence-electron chi connectivity index (χ1n) is 10.4. The minimum Gasteiger partial charge on any atom is -0.475 e. The van der Waals surface area contributed by atoms with Gasteiger partial charge in [0, 0.05) is 12.2 Å². The average molecular weight is 507 g/mol. The van der Waals surface area contributed by atoms with Gasteiger partial charge in [0.05, 0.1) is 18.7 Å². The number of esters is 2. The summed E-state index contributed by atoms with van der Waals surface area (Å²) < 4.78 is 42.4. The lowest BCUT2D eigenvalue weighted by atomic mass is 10.1. The van der Waals surface area contributed by atoms with Crippen LogP contribution in [0.5, 0.6) is 0 Å². The normalized spacial score (nSPS) is 11.4. The van der Waals surface area contributed by atoms with Crippen LogP contribution in [0.3, 0.4) is 0 Å². The van der Waals surface area contributed by atoms with E-state index in [-0.39, 0.29) is 25.4 Å². The van der Waals surface area contributed by atoms with Gasteiger partial charge in [0.15, 0.2) is 0 Å². The van der Waals surface area contributed by atoms with Crippen molar-refractivity contribution in [2.75, 3.05) is 6.61 Å². The van der Waals surface area contributed by atoms with E-state index < -0.39 is 35.4 Å². The molecule has 196 valence electrons. The van der Waals surface area contributed by atoms with E-state index in [1.54, 1.807) is 27.7 Å². The molecule has 0 spiro atoms. The van der Waals surface area contributed by atoms with Gasteiger partial charge < -0.3 is 24.9 Å². The van der Waals surface area contributed by atoms with E-state index in [0.717, 1.165) is 0 Å². The summed E-state index contributed by atoms with van der Waals surface area (Å²) in [5.41, 5.74) is 0.566. The molecule has 2 aromatic rings. The van der Waals surface area contributed by atoms with Crippen molar-refractivity contribution in [1.82, 2.24) is 25.5 Å². The molecule has 0 aliphatic rings. The molecule has 5 N–H and O–H groups in total. The highest BCUT2D eigenvalue weighted by Gasteiger charge is 2.38. The number of hydrogen-bond donors (Lipinski definition) is 5.